The van der Waals surface area contributed by atoms with Crippen molar-refractivity contribution in [2.45, 2.75) is 270 Å². The Balaban J connectivity index is 3.60. The number of nitrogens with one attached hydrogen (secondary N) is 1. The van der Waals surface area contributed by atoms with Gasteiger partial charge in [0, 0.05) is 6.42 Å². The van der Waals surface area contributed by atoms with Gasteiger partial charge in [0.25, 0.3) is 0 Å². The van der Waals surface area contributed by atoms with Gasteiger partial charge in [-0.3, -0.25) is 4.79 Å². The maximum absolute atomic E-state index is 12.4. The summed E-state index contributed by atoms with van der Waals surface area (Å²) in [6.45, 7) is 4.19. The van der Waals surface area contributed by atoms with E-state index in [1.54, 1.807) is 0 Å². The Morgan fingerprint density at radius 1 is 0.471 bits per heavy atom. The Kier molecular flexibility index (Phi) is 41.1. The molecule has 3 unspecified atom stereocenters. The number of unbranched alkanes of at least 4 members (excludes halogenated alkanes) is 32. The van der Waals surface area contributed by atoms with Crippen LogP contribution in [0.3, 0.4) is 0 Å². The fourth-order valence-electron chi connectivity index (χ4n) is 7.28. The number of aliphatic hydroxyl groups is 3. The molecule has 0 spiro atoms. The van der Waals surface area contributed by atoms with Crippen molar-refractivity contribution in [3.05, 3.63) is 12.2 Å². The van der Waals surface area contributed by atoms with E-state index in [2.05, 4.69) is 31.3 Å². The van der Waals surface area contributed by atoms with Gasteiger partial charge in [0.1, 0.15) is 6.10 Å². The SMILES string of the molecule is CCCCCCCCCCCCC/C=C/CCCC(O)C(O)C(CO)NC(=O)CCCCCCCCCCCCCCCCCCCCCCC. The fraction of sp³-hybridized carbons (Fsp3) is 0.935. The summed E-state index contributed by atoms with van der Waals surface area (Å²) in [7, 11) is 0. The predicted octanol–water partition coefficient (Wildman–Crippen LogP) is 13.2. The Labute approximate surface area is 319 Å². The highest BCUT2D eigenvalue weighted by Gasteiger charge is 2.26. The van der Waals surface area contributed by atoms with Crippen LogP contribution in [0.15, 0.2) is 12.2 Å². The molecular weight excluding hydrogens is 631 g/mol. The molecule has 0 aromatic carbocycles. The molecule has 1 amide bonds. The van der Waals surface area contributed by atoms with Crippen LogP contribution in [0.25, 0.3) is 0 Å². The van der Waals surface area contributed by atoms with Gasteiger partial charge in [-0.25, -0.2) is 0 Å². The molecule has 0 radical (unpaired) electrons. The Bertz CT molecular complexity index is 713. The van der Waals surface area contributed by atoms with Crippen LogP contribution in [0, 0.1) is 0 Å². The molecule has 304 valence electrons. The molecule has 0 rings (SSSR count). The lowest BCUT2D eigenvalue weighted by Gasteiger charge is -2.26. The van der Waals surface area contributed by atoms with Crippen molar-refractivity contribution in [2.75, 3.05) is 6.61 Å². The largest absolute Gasteiger partial charge is 0.394 e. The molecular formula is C46H91NO4. The van der Waals surface area contributed by atoms with Crippen molar-refractivity contribution >= 4 is 5.91 Å². The van der Waals surface area contributed by atoms with Crippen molar-refractivity contribution in [1.29, 1.82) is 0 Å². The van der Waals surface area contributed by atoms with Crippen LogP contribution in [-0.4, -0.2) is 46.1 Å². The maximum Gasteiger partial charge on any atom is 0.220 e. The third kappa shape index (κ3) is 37.2. The first-order valence-electron chi connectivity index (χ1n) is 23.0. The number of carbonyl (C=O) groups excluding carboxylic acids is 1. The van der Waals surface area contributed by atoms with Crippen LogP contribution in [0.2, 0.25) is 0 Å². The summed E-state index contributed by atoms with van der Waals surface area (Å²) in [6.07, 6.45) is 49.0. The van der Waals surface area contributed by atoms with Crippen molar-refractivity contribution in [3.8, 4) is 0 Å². The molecule has 0 bridgehead atoms. The lowest BCUT2D eigenvalue weighted by Crippen LogP contribution is -2.50. The summed E-state index contributed by atoms with van der Waals surface area (Å²) in [4.78, 5) is 12.4. The van der Waals surface area contributed by atoms with E-state index < -0.39 is 18.2 Å². The van der Waals surface area contributed by atoms with E-state index in [1.165, 1.54) is 186 Å². The maximum atomic E-state index is 12.4. The minimum atomic E-state index is -1.15. The normalized spacial score (nSPS) is 13.6. The summed E-state index contributed by atoms with van der Waals surface area (Å²) in [6, 6.07) is -0.820. The van der Waals surface area contributed by atoms with Crippen molar-refractivity contribution in [2.24, 2.45) is 0 Å². The van der Waals surface area contributed by atoms with Gasteiger partial charge in [0.05, 0.1) is 18.8 Å². The predicted molar refractivity (Wildman–Crippen MR) is 222 cm³/mol. The third-order valence-electron chi connectivity index (χ3n) is 10.9. The van der Waals surface area contributed by atoms with Crippen LogP contribution < -0.4 is 5.32 Å². The highest BCUT2D eigenvalue weighted by atomic mass is 16.3. The topological polar surface area (TPSA) is 89.8 Å². The van der Waals surface area contributed by atoms with Crippen molar-refractivity contribution < 1.29 is 20.1 Å². The molecule has 5 heteroatoms. The van der Waals surface area contributed by atoms with Gasteiger partial charge in [0.15, 0.2) is 0 Å². The highest BCUT2D eigenvalue weighted by Crippen LogP contribution is 2.16. The van der Waals surface area contributed by atoms with E-state index in [9.17, 15) is 20.1 Å². The first kappa shape index (κ1) is 50.1. The van der Waals surface area contributed by atoms with E-state index in [1.807, 2.05) is 0 Å². The molecule has 3 atom stereocenters. The van der Waals surface area contributed by atoms with Crippen LogP contribution >= 0.6 is 0 Å². The Morgan fingerprint density at radius 2 is 0.784 bits per heavy atom. The van der Waals surface area contributed by atoms with Gasteiger partial charge in [-0.2, -0.15) is 0 Å². The molecule has 0 fully saturated rings. The summed E-state index contributed by atoms with van der Waals surface area (Å²) in [5.74, 6) is -0.150. The molecule has 0 heterocycles. The lowest BCUT2D eigenvalue weighted by molar-refractivity contribution is -0.124. The molecule has 4 N–H and O–H groups in total. The van der Waals surface area contributed by atoms with Crippen molar-refractivity contribution in [3.63, 3.8) is 0 Å². The average Bonchev–Trinajstić information content (AvgIpc) is 3.13. The number of aliphatic hydroxyl groups excluding tert-OH is 3. The van der Waals surface area contributed by atoms with Crippen LogP contribution in [0.1, 0.15) is 251 Å². The third-order valence-corrected chi connectivity index (χ3v) is 10.9. The number of hydrogen-bond acceptors (Lipinski definition) is 4. The van der Waals surface area contributed by atoms with E-state index >= 15 is 0 Å². The standard InChI is InChI=1S/C46H91NO4/c1-3-5-7-9-11-13-15-17-19-21-22-23-24-25-27-29-31-33-35-37-39-41-45(50)47-43(42-48)46(51)44(49)40-38-36-34-32-30-28-26-20-18-16-14-12-10-8-6-4-2/h32,34,43-44,46,48-49,51H,3-31,33,35-42H2,1-2H3,(H,47,50)/b34-32+. The highest BCUT2D eigenvalue weighted by molar-refractivity contribution is 5.76. The number of allylic oxidation sites excluding steroid dienone is 2. The van der Waals surface area contributed by atoms with Crippen LogP contribution in [-0.2, 0) is 4.79 Å². The van der Waals surface area contributed by atoms with E-state index in [0.29, 0.717) is 12.8 Å². The number of hydrogen-bond donors (Lipinski definition) is 4. The van der Waals surface area contributed by atoms with E-state index in [0.717, 1.165) is 38.5 Å². The summed E-state index contributed by atoms with van der Waals surface area (Å²) in [5, 5.41) is 33.5. The molecule has 0 aromatic heterocycles. The van der Waals surface area contributed by atoms with Gasteiger partial charge in [0.2, 0.25) is 5.91 Å². The van der Waals surface area contributed by atoms with Gasteiger partial charge < -0.3 is 20.6 Å². The quantitative estimate of drug-likeness (QED) is 0.0373. The zero-order chi connectivity index (χ0) is 37.3. The van der Waals surface area contributed by atoms with Gasteiger partial charge in [-0.05, 0) is 38.5 Å². The molecule has 0 aliphatic carbocycles. The molecule has 0 aromatic rings. The molecule has 0 saturated carbocycles. The van der Waals surface area contributed by atoms with E-state index in [4.69, 9.17) is 0 Å². The minimum Gasteiger partial charge on any atom is -0.394 e. The monoisotopic (exact) mass is 722 g/mol. The molecule has 0 saturated heterocycles. The first-order chi connectivity index (χ1) is 25.1. The molecule has 51 heavy (non-hydrogen) atoms. The molecule has 5 nitrogen and oxygen atoms in total. The van der Waals surface area contributed by atoms with Crippen molar-refractivity contribution in [1.82, 2.24) is 5.32 Å². The number of rotatable bonds is 42. The first-order valence-corrected chi connectivity index (χ1v) is 23.0. The minimum absolute atomic E-state index is 0.150. The average molecular weight is 722 g/mol. The summed E-state index contributed by atoms with van der Waals surface area (Å²) < 4.78 is 0. The van der Waals surface area contributed by atoms with Gasteiger partial charge in [-0.15, -0.1) is 0 Å². The second-order valence-corrected chi connectivity index (χ2v) is 16.0. The fourth-order valence-corrected chi connectivity index (χ4v) is 7.28. The van der Waals surface area contributed by atoms with Gasteiger partial charge >= 0.3 is 0 Å². The number of amides is 1. The lowest BCUT2D eigenvalue weighted by atomic mass is 10.0. The molecule has 0 aliphatic rings. The zero-order valence-electron chi connectivity index (χ0n) is 34.5. The van der Waals surface area contributed by atoms with Crippen LogP contribution in [0.5, 0.6) is 0 Å². The summed E-state index contributed by atoms with van der Waals surface area (Å²) in [5.41, 5.74) is 0. The smallest absolute Gasteiger partial charge is 0.220 e. The second kappa shape index (κ2) is 41.8. The molecule has 0 aliphatic heterocycles. The Morgan fingerprint density at radius 3 is 1.14 bits per heavy atom. The second-order valence-electron chi connectivity index (χ2n) is 16.0. The summed E-state index contributed by atoms with van der Waals surface area (Å²) >= 11 is 0. The van der Waals surface area contributed by atoms with Crippen LogP contribution in [0.4, 0.5) is 0 Å². The number of carbonyl (C=O) groups is 1. The zero-order valence-corrected chi connectivity index (χ0v) is 34.5. The Hall–Kier alpha value is -0.910. The van der Waals surface area contributed by atoms with Gasteiger partial charge in [-0.1, -0.05) is 219 Å². The van der Waals surface area contributed by atoms with E-state index in [-0.39, 0.29) is 12.5 Å².